The molecule has 6 heteroatoms. The summed E-state index contributed by atoms with van der Waals surface area (Å²) in [6.45, 7) is 2.75. The van der Waals surface area contributed by atoms with Crippen LogP contribution in [0.3, 0.4) is 0 Å². The van der Waals surface area contributed by atoms with Gasteiger partial charge in [-0.3, -0.25) is 4.79 Å². The van der Waals surface area contributed by atoms with Crippen LogP contribution in [0.15, 0.2) is 24.3 Å². The molecule has 2 heterocycles. The standard InChI is InChI=1S/C17H24N2O3S/c20-17(11-15-7-10-23(21,22)13-15)18-12-14-3-5-16(6-4-14)19-8-1-2-9-19/h3-6,15H,1-2,7-13H2,(H,18,20)/t15-/m0/s1. The molecule has 0 radical (unpaired) electrons. The van der Waals surface area contributed by atoms with E-state index in [0.29, 0.717) is 19.4 Å². The molecule has 0 aromatic heterocycles. The second kappa shape index (κ2) is 6.91. The van der Waals surface area contributed by atoms with Crippen molar-refractivity contribution >= 4 is 21.4 Å². The van der Waals surface area contributed by atoms with Gasteiger partial charge < -0.3 is 10.2 Å². The Bertz CT molecular complexity index is 649. The second-order valence-electron chi connectivity index (χ2n) is 6.61. The predicted octanol–water partition coefficient (Wildman–Crippen LogP) is 1.73. The van der Waals surface area contributed by atoms with Gasteiger partial charge in [-0.1, -0.05) is 12.1 Å². The Morgan fingerprint density at radius 3 is 2.48 bits per heavy atom. The summed E-state index contributed by atoms with van der Waals surface area (Å²) in [5.41, 5.74) is 2.31. The van der Waals surface area contributed by atoms with Gasteiger partial charge in [-0.25, -0.2) is 8.42 Å². The van der Waals surface area contributed by atoms with E-state index in [1.165, 1.54) is 18.5 Å². The van der Waals surface area contributed by atoms with Crippen LogP contribution in [-0.2, 0) is 21.2 Å². The van der Waals surface area contributed by atoms with Crippen LogP contribution < -0.4 is 10.2 Å². The highest BCUT2D eigenvalue weighted by Gasteiger charge is 2.29. The van der Waals surface area contributed by atoms with Crippen molar-refractivity contribution in [1.82, 2.24) is 5.32 Å². The Kier molecular flexibility index (Phi) is 4.90. The molecular weight excluding hydrogens is 312 g/mol. The van der Waals surface area contributed by atoms with E-state index in [0.717, 1.165) is 18.7 Å². The quantitative estimate of drug-likeness (QED) is 0.889. The van der Waals surface area contributed by atoms with Crippen LogP contribution in [0.2, 0.25) is 0 Å². The fourth-order valence-corrected chi connectivity index (χ4v) is 5.23. The molecule has 0 bridgehead atoms. The summed E-state index contributed by atoms with van der Waals surface area (Å²) in [6, 6.07) is 8.31. The highest BCUT2D eigenvalue weighted by molar-refractivity contribution is 7.91. The van der Waals surface area contributed by atoms with Gasteiger partial charge >= 0.3 is 0 Å². The van der Waals surface area contributed by atoms with Crippen LogP contribution in [0.25, 0.3) is 0 Å². The molecule has 2 aliphatic heterocycles. The maximum absolute atomic E-state index is 11.9. The molecule has 1 aromatic rings. The molecule has 3 rings (SSSR count). The summed E-state index contributed by atoms with van der Waals surface area (Å²) < 4.78 is 22.8. The Balaban J connectivity index is 1.45. The summed E-state index contributed by atoms with van der Waals surface area (Å²) in [4.78, 5) is 14.3. The van der Waals surface area contributed by atoms with Gasteiger partial charge in [0.25, 0.3) is 0 Å². The van der Waals surface area contributed by atoms with E-state index in [9.17, 15) is 13.2 Å². The third-order valence-corrected chi connectivity index (χ3v) is 6.54. The number of carbonyl (C=O) groups is 1. The van der Waals surface area contributed by atoms with Crippen LogP contribution in [0.1, 0.15) is 31.2 Å². The summed E-state index contributed by atoms with van der Waals surface area (Å²) in [5.74, 6) is 0.307. The summed E-state index contributed by atoms with van der Waals surface area (Å²) >= 11 is 0. The van der Waals surface area contributed by atoms with Crippen LogP contribution in [0, 0.1) is 5.92 Å². The van der Waals surface area contributed by atoms with Crippen molar-refractivity contribution in [3.8, 4) is 0 Å². The van der Waals surface area contributed by atoms with Crippen molar-refractivity contribution in [2.24, 2.45) is 5.92 Å². The molecule has 0 aliphatic carbocycles. The van der Waals surface area contributed by atoms with Crippen molar-refractivity contribution in [2.45, 2.75) is 32.2 Å². The first-order valence-corrected chi connectivity index (χ1v) is 10.1. The number of amides is 1. The average molecular weight is 336 g/mol. The molecular formula is C17H24N2O3S. The van der Waals surface area contributed by atoms with E-state index in [4.69, 9.17) is 0 Å². The number of carbonyl (C=O) groups excluding carboxylic acids is 1. The zero-order valence-electron chi connectivity index (χ0n) is 13.3. The maximum Gasteiger partial charge on any atom is 0.220 e. The number of anilines is 1. The minimum absolute atomic E-state index is 0.0162. The molecule has 0 saturated carbocycles. The number of benzene rings is 1. The molecule has 2 fully saturated rings. The average Bonchev–Trinajstić information content (AvgIpc) is 3.15. The van der Waals surface area contributed by atoms with E-state index in [2.05, 4.69) is 22.3 Å². The summed E-state index contributed by atoms with van der Waals surface area (Å²) in [6.07, 6.45) is 3.44. The number of hydrogen-bond acceptors (Lipinski definition) is 4. The number of nitrogens with one attached hydrogen (secondary N) is 1. The second-order valence-corrected chi connectivity index (χ2v) is 8.84. The summed E-state index contributed by atoms with van der Waals surface area (Å²) in [5, 5.41) is 2.89. The molecule has 1 N–H and O–H groups in total. The Morgan fingerprint density at radius 2 is 1.87 bits per heavy atom. The van der Waals surface area contributed by atoms with E-state index in [-0.39, 0.29) is 23.3 Å². The van der Waals surface area contributed by atoms with Crippen molar-refractivity contribution < 1.29 is 13.2 Å². The van der Waals surface area contributed by atoms with E-state index in [1.54, 1.807) is 0 Å². The van der Waals surface area contributed by atoms with Gasteiger partial charge in [-0.15, -0.1) is 0 Å². The molecule has 23 heavy (non-hydrogen) atoms. The maximum atomic E-state index is 11.9. The van der Waals surface area contributed by atoms with Crippen molar-refractivity contribution in [3.05, 3.63) is 29.8 Å². The predicted molar refractivity (Wildman–Crippen MR) is 91.1 cm³/mol. The first kappa shape index (κ1) is 16.3. The minimum atomic E-state index is -2.91. The van der Waals surface area contributed by atoms with Gasteiger partial charge in [0, 0.05) is 31.7 Å². The van der Waals surface area contributed by atoms with Gasteiger partial charge in [-0.2, -0.15) is 0 Å². The van der Waals surface area contributed by atoms with Crippen LogP contribution in [-0.4, -0.2) is 38.9 Å². The fraction of sp³-hybridized carbons (Fsp3) is 0.588. The topological polar surface area (TPSA) is 66.5 Å². The van der Waals surface area contributed by atoms with E-state index < -0.39 is 9.84 Å². The SMILES string of the molecule is O=C(C[C@@H]1CCS(=O)(=O)C1)NCc1ccc(N2CCCC2)cc1. The lowest BCUT2D eigenvalue weighted by Gasteiger charge is -2.17. The molecule has 0 unspecified atom stereocenters. The van der Waals surface area contributed by atoms with Gasteiger partial charge in [0.1, 0.15) is 0 Å². The van der Waals surface area contributed by atoms with Gasteiger partial charge in [-0.05, 0) is 42.9 Å². The normalized spacial score (nSPS) is 23.1. The lowest BCUT2D eigenvalue weighted by molar-refractivity contribution is -0.122. The van der Waals surface area contributed by atoms with Crippen molar-refractivity contribution in [1.29, 1.82) is 0 Å². The smallest absolute Gasteiger partial charge is 0.220 e. The Hall–Kier alpha value is -1.56. The lowest BCUT2D eigenvalue weighted by atomic mass is 10.0. The Morgan fingerprint density at radius 1 is 1.17 bits per heavy atom. The molecule has 1 aromatic carbocycles. The Labute approximate surface area is 138 Å². The molecule has 2 aliphatic rings. The van der Waals surface area contributed by atoms with E-state index in [1.807, 2.05) is 12.1 Å². The first-order valence-electron chi connectivity index (χ1n) is 8.33. The van der Waals surface area contributed by atoms with Crippen molar-refractivity contribution in [3.63, 3.8) is 0 Å². The number of nitrogens with zero attached hydrogens (tertiary/aromatic N) is 1. The highest BCUT2D eigenvalue weighted by Crippen LogP contribution is 2.22. The van der Waals surface area contributed by atoms with Gasteiger partial charge in [0.2, 0.25) is 5.91 Å². The zero-order chi connectivity index (χ0) is 16.3. The zero-order valence-corrected chi connectivity index (χ0v) is 14.1. The fourth-order valence-electron chi connectivity index (χ4n) is 3.37. The highest BCUT2D eigenvalue weighted by atomic mass is 32.2. The molecule has 0 spiro atoms. The third kappa shape index (κ3) is 4.47. The first-order chi connectivity index (χ1) is 11.0. The van der Waals surface area contributed by atoms with Gasteiger partial charge in [0.05, 0.1) is 11.5 Å². The number of hydrogen-bond donors (Lipinski definition) is 1. The molecule has 5 nitrogen and oxygen atoms in total. The molecule has 1 atom stereocenters. The summed E-state index contributed by atoms with van der Waals surface area (Å²) in [7, 11) is -2.91. The van der Waals surface area contributed by atoms with E-state index >= 15 is 0 Å². The largest absolute Gasteiger partial charge is 0.372 e. The van der Waals surface area contributed by atoms with Crippen LogP contribution in [0.5, 0.6) is 0 Å². The minimum Gasteiger partial charge on any atom is -0.372 e. The van der Waals surface area contributed by atoms with Crippen LogP contribution in [0.4, 0.5) is 5.69 Å². The van der Waals surface area contributed by atoms with Crippen LogP contribution >= 0.6 is 0 Å². The molecule has 2 saturated heterocycles. The lowest BCUT2D eigenvalue weighted by Crippen LogP contribution is -2.25. The monoisotopic (exact) mass is 336 g/mol. The van der Waals surface area contributed by atoms with Crippen molar-refractivity contribution in [2.75, 3.05) is 29.5 Å². The molecule has 126 valence electrons. The number of rotatable bonds is 5. The number of sulfone groups is 1. The van der Waals surface area contributed by atoms with Gasteiger partial charge in [0.15, 0.2) is 9.84 Å². The molecule has 1 amide bonds. The third-order valence-electron chi connectivity index (χ3n) is 4.70.